The van der Waals surface area contributed by atoms with E-state index < -0.39 is 0 Å². The van der Waals surface area contributed by atoms with Gasteiger partial charge in [-0.3, -0.25) is 0 Å². The van der Waals surface area contributed by atoms with Crippen LogP contribution in [-0.2, 0) is 0 Å². The molecule has 0 saturated carbocycles. The second-order valence-electron chi connectivity index (χ2n) is 32.3. The molecule has 590 valence electrons. The Morgan fingerprint density at radius 1 is 0.159 bits per heavy atom. The third kappa shape index (κ3) is 14.0. The predicted molar refractivity (Wildman–Crippen MR) is 526 cm³/mol. The molecular weight excluding hydrogens is 1530 g/mol. The normalized spacial score (nSPS) is 11.5. The van der Waals surface area contributed by atoms with Gasteiger partial charge in [0.1, 0.15) is 11.0 Å². The third-order valence-corrected chi connectivity index (χ3v) is 24.8. The lowest BCUT2D eigenvalue weighted by Gasteiger charge is -2.29. The van der Waals surface area contributed by atoms with Crippen molar-refractivity contribution in [2.24, 2.45) is 0 Å². The van der Waals surface area contributed by atoms with Crippen molar-refractivity contribution >= 4 is 99.4 Å². The molecule has 0 saturated heterocycles. The number of oxazole rings is 2. The Morgan fingerprint density at radius 3 is 1.16 bits per heavy atom. The molecule has 6 nitrogen and oxygen atoms in total. The van der Waals surface area contributed by atoms with Gasteiger partial charge in [-0.1, -0.05) is 358 Å². The molecule has 2 aromatic heterocycles. The summed E-state index contributed by atoms with van der Waals surface area (Å²) in [6.45, 7) is 0. The van der Waals surface area contributed by atoms with Crippen LogP contribution in [0.4, 0.5) is 34.1 Å². The second-order valence-corrected chi connectivity index (χ2v) is 32.3. The van der Waals surface area contributed by atoms with Crippen LogP contribution in [0.15, 0.2) is 482 Å². The van der Waals surface area contributed by atoms with Crippen LogP contribution in [0.1, 0.15) is 0 Å². The molecule has 6 heteroatoms. The molecule has 0 atom stereocenters. The summed E-state index contributed by atoms with van der Waals surface area (Å²) in [5.41, 5.74) is 33.9. The van der Waals surface area contributed by atoms with Crippen LogP contribution in [-0.4, -0.2) is 9.97 Å². The summed E-state index contributed by atoms with van der Waals surface area (Å²) >= 11 is 0. The fraction of sp³-hybridized carbons (Fsp3) is 0. The quantitative estimate of drug-likeness (QED) is 0.0853. The van der Waals surface area contributed by atoms with E-state index in [0.717, 1.165) is 183 Å². The van der Waals surface area contributed by atoms with Gasteiger partial charge in [0.2, 0.25) is 11.8 Å². The van der Waals surface area contributed by atoms with Gasteiger partial charge in [-0.15, -0.1) is 0 Å². The smallest absolute Gasteiger partial charge is 0.227 e. The standard InChI is InChI=1S/C120H78N4O2/c1-6-23-79(24-7-1)81-43-45-83(46-44-81)91-33-20-34-101(75-91)124(102-68-59-94-73-92(52-53-95(94)76-102)84-47-49-85(50-48-84)93-60-69-107-96(74-93)63-72-115-117(107)121-119(125-115)90-31-14-5-15-32-90)114-70-61-98(77-111(114)87-29-12-4-13-30-87)106-37-18-19-38-110(106)120-122-118-112-78-97(54-51-89(112)62-71-116(118)126-120)105-39-21-41-109-108(105)40-22-42-113(109)123(99-64-55-82(56-65-99)80-25-8-2-9-26-80)100-66-57-88(58-67-100)104-36-17-16-35-103(104)86-27-10-3-11-28-86/h1-78H. The lowest BCUT2D eigenvalue weighted by atomic mass is 9.93. The summed E-state index contributed by atoms with van der Waals surface area (Å²) in [4.78, 5) is 15.3. The molecule has 0 aliphatic rings. The van der Waals surface area contributed by atoms with Crippen molar-refractivity contribution in [3.63, 3.8) is 0 Å². The Morgan fingerprint density at radius 2 is 0.524 bits per heavy atom. The lowest BCUT2D eigenvalue weighted by molar-refractivity contribution is 0.619. The monoisotopic (exact) mass is 1610 g/mol. The zero-order valence-corrected chi connectivity index (χ0v) is 68.6. The molecule has 0 N–H and O–H groups in total. The van der Waals surface area contributed by atoms with Crippen LogP contribution in [0.5, 0.6) is 0 Å². The van der Waals surface area contributed by atoms with Gasteiger partial charge in [0.05, 0.1) is 11.4 Å². The fourth-order valence-electron chi connectivity index (χ4n) is 18.4. The van der Waals surface area contributed by atoms with E-state index in [2.05, 4.69) is 447 Å². The summed E-state index contributed by atoms with van der Waals surface area (Å²) in [6, 6.07) is 171. The van der Waals surface area contributed by atoms with Crippen molar-refractivity contribution < 1.29 is 8.83 Å². The van der Waals surface area contributed by atoms with Gasteiger partial charge >= 0.3 is 0 Å². The van der Waals surface area contributed by atoms with E-state index in [-0.39, 0.29) is 0 Å². The molecule has 23 rings (SSSR count). The predicted octanol–water partition coefficient (Wildman–Crippen LogP) is 33.5. The van der Waals surface area contributed by atoms with E-state index >= 15 is 0 Å². The van der Waals surface area contributed by atoms with Crippen molar-refractivity contribution in [1.82, 2.24) is 9.97 Å². The number of aromatic nitrogens is 2. The third-order valence-electron chi connectivity index (χ3n) is 24.8. The average molecular weight is 1610 g/mol. The van der Waals surface area contributed by atoms with E-state index in [4.69, 9.17) is 18.8 Å². The van der Waals surface area contributed by atoms with Crippen molar-refractivity contribution in [1.29, 1.82) is 0 Å². The zero-order valence-electron chi connectivity index (χ0n) is 68.6. The molecule has 0 bridgehead atoms. The molecular formula is C120H78N4O2. The van der Waals surface area contributed by atoms with Crippen molar-refractivity contribution in [3.8, 4) is 134 Å². The average Bonchev–Trinajstić information content (AvgIpc) is 1.29. The van der Waals surface area contributed by atoms with Crippen LogP contribution in [0.3, 0.4) is 0 Å². The van der Waals surface area contributed by atoms with Crippen molar-refractivity contribution in [2.75, 3.05) is 9.80 Å². The minimum atomic E-state index is 0.546. The summed E-state index contributed by atoms with van der Waals surface area (Å²) in [7, 11) is 0. The van der Waals surface area contributed by atoms with E-state index in [0.29, 0.717) is 17.4 Å². The van der Waals surface area contributed by atoms with Crippen molar-refractivity contribution in [2.45, 2.75) is 0 Å². The van der Waals surface area contributed by atoms with E-state index in [1.54, 1.807) is 0 Å². The molecule has 2 heterocycles. The highest BCUT2D eigenvalue weighted by molar-refractivity contribution is 6.11. The molecule has 126 heavy (non-hydrogen) atoms. The molecule has 23 aromatic rings. The first-order valence-electron chi connectivity index (χ1n) is 42.9. The summed E-state index contributed by atoms with van der Waals surface area (Å²) in [5, 5.41) is 8.79. The largest absolute Gasteiger partial charge is 0.436 e. The fourth-order valence-corrected chi connectivity index (χ4v) is 18.4. The first kappa shape index (κ1) is 74.3. The molecule has 0 unspecified atom stereocenters. The van der Waals surface area contributed by atoms with Gasteiger partial charge in [-0.25, -0.2) is 9.97 Å². The Hall–Kier alpha value is -16.8. The van der Waals surface area contributed by atoms with Gasteiger partial charge in [-0.05, 0) is 248 Å². The number of rotatable bonds is 18. The molecule has 0 spiro atoms. The van der Waals surface area contributed by atoms with Gasteiger partial charge < -0.3 is 18.6 Å². The van der Waals surface area contributed by atoms with E-state index in [9.17, 15) is 0 Å². The topological polar surface area (TPSA) is 58.5 Å². The second kappa shape index (κ2) is 32.0. The molecule has 0 amide bonds. The number of fused-ring (bicyclic) bond motifs is 8. The van der Waals surface area contributed by atoms with Crippen LogP contribution >= 0.6 is 0 Å². The Bertz CT molecular complexity index is 8030. The number of hydrogen-bond acceptors (Lipinski definition) is 6. The lowest BCUT2D eigenvalue weighted by Crippen LogP contribution is -2.11. The van der Waals surface area contributed by atoms with Crippen LogP contribution in [0.25, 0.3) is 199 Å². The van der Waals surface area contributed by atoms with Gasteiger partial charge in [0, 0.05) is 55.6 Å². The van der Waals surface area contributed by atoms with Gasteiger partial charge in [0.25, 0.3) is 0 Å². The Balaban J connectivity index is 0.588. The van der Waals surface area contributed by atoms with Crippen molar-refractivity contribution in [3.05, 3.63) is 473 Å². The van der Waals surface area contributed by atoms with Crippen LogP contribution in [0.2, 0.25) is 0 Å². The maximum atomic E-state index is 7.02. The molecule has 0 fully saturated rings. The highest BCUT2D eigenvalue weighted by atomic mass is 16.4. The van der Waals surface area contributed by atoms with Gasteiger partial charge in [-0.2, -0.15) is 0 Å². The minimum Gasteiger partial charge on any atom is -0.436 e. The first-order chi connectivity index (χ1) is 62.4. The SMILES string of the molecule is c1ccc(-c2ccc(-c3cccc(N(c4ccc5cc(-c6ccc(-c7ccc8c(ccc9oc(-c%10ccccc%10)nc98)c7)cc6)ccc5c4)c4ccc(-c5ccccc5-c5nc6c(ccc7ccc(-c8cccc9c(N(c%10ccc(-c%11ccccc%11)cc%10)c%10ccc(-c%11ccccc%11-c%11ccccc%11)cc%10)cccc89)cc76)o5)cc4-c4ccccc4)c3)cc2)cc1. The highest BCUT2D eigenvalue weighted by Gasteiger charge is 2.25. The highest BCUT2D eigenvalue weighted by Crippen LogP contribution is 2.49. The van der Waals surface area contributed by atoms with Gasteiger partial charge in [0.15, 0.2) is 11.2 Å². The zero-order chi connectivity index (χ0) is 83.4. The summed E-state index contributed by atoms with van der Waals surface area (Å²) < 4.78 is 13.3. The summed E-state index contributed by atoms with van der Waals surface area (Å²) in [6.07, 6.45) is 0. The number of anilines is 6. The van der Waals surface area contributed by atoms with Crippen LogP contribution < -0.4 is 9.80 Å². The number of hydrogen-bond donors (Lipinski definition) is 0. The number of nitrogens with zero attached hydrogens (tertiary/aromatic N) is 4. The maximum Gasteiger partial charge on any atom is 0.227 e. The Labute approximate surface area is 730 Å². The molecule has 21 aromatic carbocycles. The minimum absolute atomic E-state index is 0.546. The molecule has 0 radical (unpaired) electrons. The van der Waals surface area contributed by atoms with Crippen LogP contribution in [0, 0.1) is 0 Å². The molecule has 0 aliphatic carbocycles. The Kier molecular flexibility index (Phi) is 18.8. The molecule has 0 aliphatic heterocycles. The summed E-state index contributed by atoms with van der Waals surface area (Å²) in [5.74, 6) is 1.17. The first-order valence-corrected chi connectivity index (χ1v) is 42.9. The number of benzene rings is 21. The van der Waals surface area contributed by atoms with E-state index in [1.807, 2.05) is 36.4 Å². The maximum absolute atomic E-state index is 7.02. The van der Waals surface area contributed by atoms with E-state index in [1.165, 1.54) is 33.4 Å².